The number of carbonyl (C=O) groups excluding carboxylic acids is 1. The summed E-state index contributed by atoms with van der Waals surface area (Å²) in [7, 11) is -3.54. The molecule has 124 valence electrons. The van der Waals surface area contributed by atoms with E-state index in [9.17, 15) is 13.2 Å². The second-order valence-corrected chi connectivity index (χ2v) is 7.49. The van der Waals surface area contributed by atoms with Crippen molar-refractivity contribution in [3.8, 4) is 0 Å². The zero-order valence-electron chi connectivity index (χ0n) is 13.9. The lowest BCUT2D eigenvalue weighted by Crippen LogP contribution is -2.41. The van der Waals surface area contributed by atoms with E-state index >= 15 is 0 Å². The van der Waals surface area contributed by atoms with Crippen molar-refractivity contribution in [1.29, 1.82) is 0 Å². The third-order valence-corrected chi connectivity index (χ3v) is 5.44. The van der Waals surface area contributed by atoms with Crippen molar-refractivity contribution in [3.05, 3.63) is 29.8 Å². The standard InChI is InChI=1S/C16H25NO4S/c1-6-21-16(18)11-14-7-9-15(10-8-14)22(19,20)17(12(2)3)13(4)5/h7-10,12-13H,6,11H2,1-5H3. The third-order valence-electron chi connectivity index (χ3n) is 3.17. The normalized spacial score (nSPS) is 12.2. The molecule has 1 rings (SSSR count). The predicted octanol–water partition coefficient (Wildman–Crippen LogP) is 2.60. The van der Waals surface area contributed by atoms with Gasteiger partial charge in [0, 0.05) is 12.1 Å². The van der Waals surface area contributed by atoms with Crippen LogP contribution in [0.4, 0.5) is 0 Å². The molecule has 0 saturated heterocycles. The van der Waals surface area contributed by atoms with Gasteiger partial charge in [-0.15, -0.1) is 0 Å². The number of rotatable bonds is 7. The fourth-order valence-corrected chi connectivity index (χ4v) is 4.26. The Bertz CT molecular complexity index is 583. The molecule has 0 aliphatic heterocycles. The molecule has 0 radical (unpaired) electrons. The molecule has 0 aliphatic rings. The van der Waals surface area contributed by atoms with Crippen LogP contribution >= 0.6 is 0 Å². The Labute approximate surface area is 133 Å². The predicted molar refractivity (Wildman–Crippen MR) is 86.1 cm³/mol. The van der Waals surface area contributed by atoms with Crippen LogP contribution in [0.2, 0.25) is 0 Å². The molecule has 5 nitrogen and oxygen atoms in total. The first-order valence-electron chi connectivity index (χ1n) is 7.48. The van der Waals surface area contributed by atoms with Crippen molar-refractivity contribution in [1.82, 2.24) is 4.31 Å². The Balaban J connectivity index is 3.00. The summed E-state index contributed by atoms with van der Waals surface area (Å²) in [6.45, 7) is 9.50. The van der Waals surface area contributed by atoms with Crippen molar-refractivity contribution < 1.29 is 17.9 Å². The highest BCUT2D eigenvalue weighted by Crippen LogP contribution is 2.21. The van der Waals surface area contributed by atoms with Gasteiger partial charge in [-0.1, -0.05) is 12.1 Å². The van der Waals surface area contributed by atoms with E-state index in [-0.39, 0.29) is 29.4 Å². The number of esters is 1. The van der Waals surface area contributed by atoms with E-state index in [1.165, 1.54) is 4.31 Å². The summed E-state index contributed by atoms with van der Waals surface area (Å²) in [6, 6.07) is 6.16. The van der Waals surface area contributed by atoms with Gasteiger partial charge in [0.25, 0.3) is 0 Å². The van der Waals surface area contributed by atoms with Gasteiger partial charge < -0.3 is 4.74 Å². The van der Waals surface area contributed by atoms with Crippen molar-refractivity contribution in [2.24, 2.45) is 0 Å². The van der Waals surface area contributed by atoms with E-state index in [1.54, 1.807) is 31.2 Å². The molecule has 0 aliphatic carbocycles. The van der Waals surface area contributed by atoms with Crippen molar-refractivity contribution in [2.45, 2.75) is 58.0 Å². The van der Waals surface area contributed by atoms with Gasteiger partial charge in [0.1, 0.15) is 0 Å². The first-order valence-corrected chi connectivity index (χ1v) is 8.92. The monoisotopic (exact) mass is 327 g/mol. The molecule has 0 saturated carbocycles. The van der Waals surface area contributed by atoms with E-state index in [0.717, 1.165) is 5.56 Å². The molecule has 1 aromatic rings. The highest BCUT2D eigenvalue weighted by Gasteiger charge is 2.29. The number of hydrogen-bond donors (Lipinski definition) is 0. The summed E-state index contributed by atoms with van der Waals surface area (Å²) in [5, 5.41) is 0. The van der Waals surface area contributed by atoms with Crippen LogP contribution in [0.25, 0.3) is 0 Å². The Morgan fingerprint density at radius 2 is 1.59 bits per heavy atom. The van der Waals surface area contributed by atoms with Gasteiger partial charge in [-0.3, -0.25) is 4.79 Å². The maximum atomic E-state index is 12.7. The zero-order chi connectivity index (χ0) is 16.9. The van der Waals surface area contributed by atoms with Crippen LogP contribution in [0, 0.1) is 0 Å². The topological polar surface area (TPSA) is 63.7 Å². The van der Waals surface area contributed by atoms with Gasteiger partial charge in [0.05, 0.1) is 17.9 Å². The van der Waals surface area contributed by atoms with Crippen LogP contribution in [0.1, 0.15) is 40.2 Å². The fourth-order valence-electron chi connectivity index (χ4n) is 2.43. The highest BCUT2D eigenvalue weighted by atomic mass is 32.2. The lowest BCUT2D eigenvalue weighted by atomic mass is 10.1. The fraction of sp³-hybridized carbons (Fsp3) is 0.562. The van der Waals surface area contributed by atoms with Crippen molar-refractivity contribution in [3.63, 3.8) is 0 Å². The van der Waals surface area contributed by atoms with E-state index in [0.29, 0.717) is 6.61 Å². The molecular weight excluding hydrogens is 302 g/mol. The molecule has 0 spiro atoms. The first-order chi connectivity index (χ1) is 10.2. The molecule has 0 atom stereocenters. The maximum absolute atomic E-state index is 12.7. The molecule has 0 N–H and O–H groups in total. The van der Waals surface area contributed by atoms with Crippen LogP contribution in [0.15, 0.2) is 29.2 Å². The molecule has 0 amide bonds. The molecule has 0 fully saturated rings. The van der Waals surface area contributed by atoms with Crippen molar-refractivity contribution in [2.75, 3.05) is 6.61 Å². The number of hydrogen-bond acceptors (Lipinski definition) is 4. The van der Waals surface area contributed by atoms with E-state index in [4.69, 9.17) is 4.74 Å². The quantitative estimate of drug-likeness (QED) is 0.722. The number of benzene rings is 1. The van der Waals surface area contributed by atoms with Crippen LogP contribution in [-0.4, -0.2) is 37.4 Å². The summed E-state index contributed by atoms with van der Waals surface area (Å²) in [6.07, 6.45) is 0.145. The number of ether oxygens (including phenoxy) is 1. The Morgan fingerprint density at radius 3 is 2.00 bits per heavy atom. The van der Waals surface area contributed by atoms with Gasteiger partial charge in [0.15, 0.2) is 0 Å². The van der Waals surface area contributed by atoms with Gasteiger partial charge >= 0.3 is 5.97 Å². The summed E-state index contributed by atoms with van der Waals surface area (Å²) in [5.74, 6) is -0.316. The van der Waals surface area contributed by atoms with Gasteiger partial charge in [-0.2, -0.15) is 4.31 Å². The maximum Gasteiger partial charge on any atom is 0.310 e. The minimum Gasteiger partial charge on any atom is -0.466 e. The zero-order valence-corrected chi connectivity index (χ0v) is 14.7. The Morgan fingerprint density at radius 1 is 1.09 bits per heavy atom. The molecule has 1 aromatic carbocycles. The summed E-state index contributed by atoms with van der Waals surface area (Å²) >= 11 is 0. The number of nitrogens with zero attached hydrogens (tertiary/aromatic N) is 1. The average molecular weight is 327 g/mol. The smallest absolute Gasteiger partial charge is 0.310 e. The minimum absolute atomic E-state index is 0.121. The number of sulfonamides is 1. The van der Waals surface area contributed by atoms with Gasteiger partial charge in [-0.25, -0.2) is 8.42 Å². The molecule has 0 bridgehead atoms. The molecular formula is C16H25NO4S. The minimum atomic E-state index is -3.54. The summed E-state index contributed by atoms with van der Waals surface area (Å²) < 4.78 is 31.7. The molecule has 22 heavy (non-hydrogen) atoms. The molecule has 0 aromatic heterocycles. The Kier molecular flexibility index (Phi) is 6.56. The first kappa shape index (κ1) is 18.6. The van der Waals surface area contributed by atoms with Crippen LogP contribution < -0.4 is 0 Å². The lowest BCUT2D eigenvalue weighted by molar-refractivity contribution is -0.142. The summed E-state index contributed by atoms with van der Waals surface area (Å²) in [4.78, 5) is 11.7. The van der Waals surface area contributed by atoms with Crippen LogP contribution in [0.5, 0.6) is 0 Å². The largest absolute Gasteiger partial charge is 0.466 e. The molecule has 0 unspecified atom stereocenters. The molecule has 6 heteroatoms. The van der Waals surface area contributed by atoms with E-state index in [2.05, 4.69) is 0 Å². The van der Waals surface area contributed by atoms with Gasteiger partial charge in [-0.05, 0) is 52.3 Å². The van der Waals surface area contributed by atoms with Crippen LogP contribution in [-0.2, 0) is 26.0 Å². The Hall–Kier alpha value is -1.40. The summed E-state index contributed by atoms with van der Waals surface area (Å²) in [5.41, 5.74) is 0.734. The van der Waals surface area contributed by atoms with Crippen molar-refractivity contribution >= 4 is 16.0 Å². The second kappa shape index (κ2) is 7.74. The highest BCUT2D eigenvalue weighted by molar-refractivity contribution is 7.89. The van der Waals surface area contributed by atoms with Gasteiger partial charge in [0.2, 0.25) is 10.0 Å². The average Bonchev–Trinajstić information content (AvgIpc) is 2.38. The molecule has 0 heterocycles. The second-order valence-electron chi connectivity index (χ2n) is 5.65. The number of carbonyl (C=O) groups is 1. The SMILES string of the molecule is CCOC(=O)Cc1ccc(S(=O)(=O)N(C(C)C)C(C)C)cc1. The van der Waals surface area contributed by atoms with E-state index in [1.807, 2.05) is 27.7 Å². The van der Waals surface area contributed by atoms with E-state index < -0.39 is 10.0 Å². The lowest BCUT2D eigenvalue weighted by Gasteiger charge is -2.29. The third kappa shape index (κ3) is 4.55. The van der Waals surface area contributed by atoms with Crippen LogP contribution in [0.3, 0.4) is 0 Å².